The monoisotopic (exact) mass is 396 g/mol. The van der Waals surface area contributed by atoms with Crippen molar-refractivity contribution in [2.75, 3.05) is 13.1 Å². The number of likely N-dealkylation sites (tertiary alicyclic amines) is 1. The Balaban J connectivity index is 1.70. The van der Waals surface area contributed by atoms with Crippen LogP contribution < -0.4 is 0 Å². The van der Waals surface area contributed by atoms with E-state index in [1.54, 1.807) is 18.0 Å². The van der Waals surface area contributed by atoms with Gasteiger partial charge in [0.25, 0.3) is 0 Å². The molecular weight excluding hydrogens is 373 g/mol. The number of rotatable bonds is 5. The summed E-state index contributed by atoms with van der Waals surface area (Å²) in [6.45, 7) is 6.53. The maximum atomic E-state index is 13.1. The molecule has 1 unspecified atom stereocenters. The highest BCUT2D eigenvalue weighted by molar-refractivity contribution is 5.76. The second-order valence-electron chi connectivity index (χ2n) is 7.28. The van der Waals surface area contributed by atoms with E-state index in [4.69, 9.17) is 0 Å². The van der Waals surface area contributed by atoms with Crippen LogP contribution in [0.15, 0.2) is 12.3 Å². The van der Waals surface area contributed by atoms with Crippen molar-refractivity contribution in [3.63, 3.8) is 0 Å². The number of halogens is 3. The van der Waals surface area contributed by atoms with Gasteiger partial charge in [-0.15, -0.1) is 5.10 Å². The van der Waals surface area contributed by atoms with Gasteiger partial charge >= 0.3 is 6.18 Å². The minimum Gasteiger partial charge on any atom is -0.340 e. The number of aryl methyl sites for hydroxylation is 1. The molecular formula is C18H23F3N6O. The highest BCUT2D eigenvalue weighted by atomic mass is 19.4. The largest absolute Gasteiger partial charge is 0.433 e. The first kappa shape index (κ1) is 20.2. The number of carbonyl (C=O) groups is 1. The van der Waals surface area contributed by atoms with Gasteiger partial charge in [-0.05, 0) is 24.8 Å². The first-order valence-electron chi connectivity index (χ1n) is 9.30. The van der Waals surface area contributed by atoms with Gasteiger partial charge in [0, 0.05) is 30.9 Å². The van der Waals surface area contributed by atoms with Crippen molar-refractivity contribution in [1.82, 2.24) is 29.9 Å². The van der Waals surface area contributed by atoms with E-state index in [2.05, 4.69) is 20.3 Å². The van der Waals surface area contributed by atoms with E-state index < -0.39 is 11.9 Å². The molecule has 0 radical (unpaired) electrons. The third-order valence-corrected chi connectivity index (χ3v) is 4.80. The van der Waals surface area contributed by atoms with Crippen molar-refractivity contribution in [3.05, 3.63) is 35.2 Å². The number of aromatic nitrogens is 5. The summed E-state index contributed by atoms with van der Waals surface area (Å²) in [5, 5.41) is 7.98. The molecule has 1 fully saturated rings. The number of hydrogen-bond donors (Lipinski definition) is 0. The molecule has 0 aliphatic carbocycles. The van der Waals surface area contributed by atoms with Gasteiger partial charge in [-0.1, -0.05) is 26.0 Å². The van der Waals surface area contributed by atoms with Crippen molar-refractivity contribution in [2.24, 2.45) is 0 Å². The van der Waals surface area contributed by atoms with Crippen molar-refractivity contribution >= 4 is 5.91 Å². The fourth-order valence-corrected chi connectivity index (χ4v) is 3.12. The molecule has 10 heteroatoms. The molecule has 0 saturated carbocycles. The molecule has 2 aromatic heterocycles. The maximum Gasteiger partial charge on any atom is 0.433 e. The average molecular weight is 396 g/mol. The lowest BCUT2D eigenvalue weighted by atomic mass is 10.1. The number of amides is 1. The van der Waals surface area contributed by atoms with Crippen LogP contribution in [0.1, 0.15) is 61.9 Å². The normalized spacial score (nSPS) is 17.5. The quantitative estimate of drug-likeness (QED) is 0.777. The van der Waals surface area contributed by atoms with Crippen LogP contribution in [-0.4, -0.2) is 48.9 Å². The third-order valence-electron chi connectivity index (χ3n) is 4.80. The molecule has 0 spiro atoms. The Bertz CT molecular complexity index is 848. The molecule has 28 heavy (non-hydrogen) atoms. The summed E-state index contributed by atoms with van der Waals surface area (Å²) in [6, 6.07) is 0.985. The van der Waals surface area contributed by atoms with E-state index in [1.807, 2.05) is 13.8 Å². The Morgan fingerprint density at radius 3 is 2.68 bits per heavy atom. The Kier molecular flexibility index (Phi) is 5.66. The Hall–Kier alpha value is -2.52. The van der Waals surface area contributed by atoms with Gasteiger partial charge in [0.1, 0.15) is 18.1 Å². The lowest BCUT2D eigenvalue weighted by Crippen LogP contribution is -2.32. The van der Waals surface area contributed by atoms with Gasteiger partial charge in [0.2, 0.25) is 5.91 Å². The second-order valence-corrected chi connectivity index (χ2v) is 7.28. The van der Waals surface area contributed by atoms with Gasteiger partial charge in [-0.2, -0.15) is 13.2 Å². The Morgan fingerprint density at radius 2 is 2.07 bits per heavy atom. The van der Waals surface area contributed by atoms with Crippen LogP contribution in [0, 0.1) is 0 Å². The summed E-state index contributed by atoms with van der Waals surface area (Å²) in [5.74, 6) is -0.0837. The van der Waals surface area contributed by atoms with Gasteiger partial charge in [0.15, 0.2) is 0 Å². The van der Waals surface area contributed by atoms with Crippen LogP contribution in [0.25, 0.3) is 0 Å². The number of alkyl halides is 3. The molecule has 1 atom stereocenters. The minimum atomic E-state index is -4.52. The zero-order valence-electron chi connectivity index (χ0n) is 16.1. The topological polar surface area (TPSA) is 76.8 Å². The zero-order chi connectivity index (χ0) is 20.5. The Morgan fingerprint density at radius 1 is 1.32 bits per heavy atom. The van der Waals surface area contributed by atoms with E-state index in [0.717, 1.165) is 11.8 Å². The van der Waals surface area contributed by atoms with Gasteiger partial charge in [-0.25, -0.2) is 14.6 Å². The number of nitrogens with zero attached hydrogens (tertiary/aromatic N) is 6. The highest BCUT2D eigenvalue weighted by Gasteiger charge is 2.36. The number of carbonyl (C=O) groups excluding carboxylic acids is 1. The van der Waals surface area contributed by atoms with Gasteiger partial charge in [-0.3, -0.25) is 4.79 Å². The summed E-state index contributed by atoms with van der Waals surface area (Å²) in [7, 11) is 0. The standard InChI is InChI=1S/C18H23F3N6O/c1-4-13-7-15(18(19,20)21)23-17(22-13)12-5-6-26(8-12)16(28)10-27-9-14(11(2)3)24-25-27/h7,9,11-12H,4-6,8,10H2,1-3H3. The summed E-state index contributed by atoms with van der Waals surface area (Å²) in [6.07, 6.45) is -1.86. The molecule has 1 amide bonds. The summed E-state index contributed by atoms with van der Waals surface area (Å²) in [4.78, 5) is 22.2. The third kappa shape index (κ3) is 4.48. The van der Waals surface area contributed by atoms with Crippen molar-refractivity contribution in [3.8, 4) is 0 Å². The first-order chi connectivity index (χ1) is 13.2. The van der Waals surface area contributed by atoms with E-state index in [9.17, 15) is 18.0 Å². The van der Waals surface area contributed by atoms with E-state index in [1.165, 1.54) is 4.68 Å². The molecule has 0 bridgehead atoms. The van der Waals surface area contributed by atoms with Crippen LogP contribution >= 0.6 is 0 Å². The first-order valence-corrected chi connectivity index (χ1v) is 9.30. The molecule has 0 N–H and O–H groups in total. The van der Waals surface area contributed by atoms with E-state index >= 15 is 0 Å². The van der Waals surface area contributed by atoms with Crippen LogP contribution in [0.4, 0.5) is 13.2 Å². The van der Waals surface area contributed by atoms with Crippen LogP contribution in [0.3, 0.4) is 0 Å². The predicted octanol–water partition coefficient (Wildman–Crippen LogP) is 2.79. The molecule has 3 heterocycles. The van der Waals surface area contributed by atoms with E-state index in [-0.39, 0.29) is 30.1 Å². The van der Waals surface area contributed by atoms with Crippen LogP contribution in [-0.2, 0) is 23.9 Å². The van der Waals surface area contributed by atoms with Crippen LogP contribution in [0.5, 0.6) is 0 Å². The minimum absolute atomic E-state index is 0.0517. The van der Waals surface area contributed by atoms with E-state index in [0.29, 0.717) is 31.6 Å². The maximum absolute atomic E-state index is 13.1. The van der Waals surface area contributed by atoms with Crippen molar-refractivity contribution < 1.29 is 18.0 Å². The lowest BCUT2D eigenvalue weighted by molar-refractivity contribution is -0.141. The lowest BCUT2D eigenvalue weighted by Gasteiger charge is -2.17. The molecule has 3 rings (SSSR count). The van der Waals surface area contributed by atoms with Crippen LogP contribution in [0.2, 0.25) is 0 Å². The van der Waals surface area contributed by atoms with Crippen molar-refractivity contribution in [2.45, 2.75) is 58.2 Å². The molecule has 2 aromatic rings. The molecule has 1 aliphatic rings. The average Bonchev–Trinajstić information content (AvgIpc) is 3.30. The van der Waals surface area contributed by atoms with Crippen molar-refractivity contribution in [1.29, 1.82) is 0 Å². The summed E-state index contributed by atoms with van der Waals surface area (Å²) < 4.78 is 40.8. The Labute approximate surface area is 161 Å². The molecule has 1 saturated heterocycles. The highest BCUT2D eigenvalue weighted by Crippen LogP contribution is 2.31. The number of hydrogen-bond acceptors (Lipinski definition) is 5. The molecule has 0 aromatic carbocycles. The molecule has 7 nitrogen and oxygen atoms in total. The molecule has 152 valence electrons. The summed E-state index contributed by atoms with van der Waals surface area (Å²) >= 11 is 0. The SMILES string of the molecule is CCc1cc(C(F)(F)F)nc(C2CCN(C(=O)Cn3cc(C(C)C)nn3)C2)n1. The zero-order valence-corrected chi connectivity index (χ0v) is 16.1. The van der Waals surface area contributed by atoms with Gasteiger partial charge in [0.05, 0.1) is 5.69 Å². The molecule has 1 aliphatic heterocycles. The summed E-state index contributed by atoms with van der Waals surface area (Å²) in [5.41, 5.74) is 0.227. The smallest absolute Gasteiger partial charge is 0.340 e. The fraction of sp³-hybridized carbons (Fsp3) is 0.611. The van der Waals surface area contributed by atoms with Gasteiger partial charge < -0.3 is 4.90 Å². The fourth-order valence-electron chi connectivity index (χ4n) is 3.12. The second kappa shape index (κ2) is 7.84. The predicted molar refractivity (Wildman–Crippen MR) is 94.5 cm³/mol.